The molecule has 0 aliphatic carbocycles. The van der Waals surface area contributed by atoms with Gasteiger partial charge in [-0.15, -0.1) is 0 Å². The summed E-state index contributed by atoms with van der Waals surface area (Å²) < 4.78 is 24.5. The summed E-state index contributed by atoms with van der Waals surface area (Å²) in [6, 6.07) is 1.35. The first kappa shape index (κ1) is 16.8. The highest BCUT2D eigenvalue weighted by Gasteiger charge is 2.28. The van der Waals surface area contributed by atoms with E-state index in [1.54, 1.807) is 0 Å². The van der Waals surface area contributed by atoms with Gasteiger partial charge in [-0.3, -0.25) is 9.69 Å². The fourth-order valence-electron chi connectivity index (χ4n) is 2.67. The van der Waals surface area contributed by atoms with Crippen molar-refractivity contribution in [1.82, 2.24) is 4.90 Å². The van der Waals surface area contributed by atoms with Gasteiger partial charge in [0.05, 0.1) is 7.11 Å². The van der Waals surface area contributed by atoms with Gasteiger partial charge in [-0.25, -0.2) is 4.39 Å². The molecule has 1 saturated heterocycles. The Morgan fingerprint density at radius 1 is 1.59 bits per heavy atom. The largest absolute Gasteiger partial charge is 0.506 e. The zero-order valence-electron chi connectivity index (χ0n) is 12.6. The molecule has 0 spiro atoms. The molecule has 7 heteroatoms. The van der Waals surface area contributed by atoms with Crippen molar-refractivity contribution in [1.29, 1.82) is 0 Å². The molecule has 122 valence electrons. The number of hydrogen-bond donors (Lipinski definition) is 1. The van der Waals surface area contributed by atoms with Gasteiger partial charge in [0.15, 0.2) is 5.82 Å². The third-order valence-corrected chi connectivity index (χ3v) is 4.17. The van der Waals surface area contributed by atoms with Crippen LogP contribution in [0.2, 0.25) is 5.02 Å². The van der Waals surface area contributed by atoms with Crippen LogP contribution in [0, 0.1) is 5.82 Å². The summed E-state index contributed by atoms with van der Waals surface area (Å²) in [6.07, 6.45) is 1.82. The molecule has 0 bridgehead atoms. The number of benzene rings is 1. The van der Waals surface area contributed by atoms with Crippen LogP contribution in [0.1, 0.15) is 25.3 Å². The molecule has 1 heterocycles. The number of nitrogens with zero attached hydrogens (tertiary/aromatic N) is 1. The molecule has 2 rings (SSSR count). The Balaban J connectivity index is 2.19. The van der Waals surface area contributed by atoms with Crippen LogP contribution >= 0.6 is 11.6 Å². The molecule has 1 aliphatic heterocycles. The van der Waals surface area contributed by atoms with Gasteiger partial charge in [0.1, 0.15) is 23.1 Å². The summed E-state index contributed by atoms with van der Waals surface area (Å²) in [6.45, 7) is 2.70. The van der Waals surface area contributed by atoms with Crippen LogP contribution in [0.25, 0.3) is 0 Å². The van der Waals surface area contributed by atoms with Crippen molar-refractivity contribution in [3.05, 3.63) is 22.5 Å². The standard InChI is InChI=1S/C15H19ClFNO4/c1-9(19)22-8-10-4-3-5-18(10)7-11-13(21-2)6-12(20)14(16)15(11)17/h6,10,20H,3-5,7-8H2,1-2H3. The molecule has 1 aliphatic rings. The fourth-order valence-corrected chi connectivity index (χ4v) is 2.83. The highest BCUT2D eigenvalue weighted by atomic mass is 35.5. The number of ether oxygens (including phenoxy) is 2. The number of phenolic OH excluding ortho intramolecular Hbond substituents is 1. The molecular formula is C15H19ClFNO4. The van der Waals surface area contributed by atoms with E-state index in [-0.39, 0.29) is 41.7 Å². The fraction of sp³-hybridized carbons (Fsp3) is 0.533. The number of carbonyl (C=O) groups is 1. The molecule has 5 nitrogen and oxygen atoms in total. The minimum Gasteiger partial charge on any atom is -0.506 e. The normalized spacial score (nSPS) is 18.5. The minimum atomic E-state index is -0.684. The number of halogens is 2. The van der Waals surface area contributed by atoms with E-state index in [1.165, 1.54) is 20.1 Å². The van der Waals surface area contributed by atoms with Crippen LogP contribution in [0.4, 0.5) is 4.39 Å². The van der Waals surface area contributed by atoms with Crippen LogP contribution < -0.4 is 4.74 Å². The molecule has 1 N–H and O–H groups in total. The van der Waals surface area contributed by atoms with Gasteiger partial charge in [0, 0.05) is 31.1 Å². The van der Waals surface area contributed by atoms with Crippen molar-refractivity contribution in [2.24, 2.45) is 0 Å². The maximum atomic E-state index is 14.3. The molecule has 0 amide bonds. The van der Waals surface area contributed by atoms with E-state index in [2.05, 4.69) is 0 Å². The summed E-state index contributed by atoms with van der Waals surface area (Å²) in [5.41, 5.74) is 0.292. The lowest BCUT2D eigenvalue weighted by Gasteiger charge is -2.25. The van der Waals surface area contributed by atoms with Gasteiger partial charge in [-0.2, -0.15) is 0 Å². The molecule has 1 fully saturated rings. The number of carbonyl (C=O) groups excluding carboxylic acids is 1. The monoisotopic (exact) mass is 331 g/mol. The predicted molar refractivity (Wildman–Crippen MR) is 79.7 cm³/mol. The molecule has 1 atom stereocenters. The lowest BCUT2D eigenvalue weighted by Crippen LogP contribution is -2.33. The van der Waals surface area contributed by atoms with E-state index < -0.39 is 5.82 Å². The Bertz CT molecular complexity index is 567. The molecule has 1 aromatic carbocycles. The van der Waals surface area contributed by atoms with Crippen LogP contribution in [0.5, 0.6) is 11.5 Å². The maximum absolute atomic E-state index is 14.3. The first-order valence-corrected chi connectivity index (χ1v) is 7.43. The zero-order chi connectivity index (χ0) is 16.3. The maximum Gasteiger partial charge on any atom is 0.302 e. The Hall–Kier alpha value is -1.53. The Kier molecular flexibility index (Phi) is 5.47. The van der Waals surface area contributed by atoms with Crippen LogP contribution in [0.15, 0.2) is 6.07 Å². The molecule has 0 saturated carbocycles. The Morgan fingerprint density at radius 2 is 2.32 bits per heavy atom. The lowest BCUT2D eigenvalue weighted by atomic mass is 10.1. The molecule has 1 aromatic rings. The third kappa shape index (κ3) is 3.62. The van der Waals surface area contributed by atoms with Crippen LogP contribution in [-0.4, -0.2) is 42.3 Å². The van der Waals surface area contributed by atoms with E-state index in [0.29, 0.717) is 5.56 Å². The molecular weight excluding hydrogens is 313 g/mol. The number of rotatable bonds is 5. The van der Waals surface area contributed by atoms with E-state index in [0.717, 1.165) is 19.4 Å². The number of esters is 1. The zero-order valence-corrected chi connectivity index (χ0v) is 13.3. The summed E-state index contributed by atoms with van der Waals surface area (Å²) in [4.78, 5) is 13.0. The second-order valence-corrected chi connectivity index (χ2v) is 5.65. The molecule has 1 unspecified atom stereocenters. The predicted octanol–water partition coefficient (Wildman–Crippen LogP) is 2.72. The van der Waals surface area contributed by atoms with Crippen molar-refractivity contribution in [2.75, 3.05) is 20.3 Å². The van der Waals surface area contributed by atoms with E-state index in [1.807, 2.05) is 4.90 Å². The SMILES string of the molecule is COc1cc(O)c(Cl)c(F)c1CN1CCCC1COC(C)=O. The van der Waals surface area contributed by atoms with Crippen molar-refractivity contribution in [3.8, 4) is 11.5 Å². The number of likely N-dealkylation sites (tertiary alicyclic amines) is 1. The lowest BCUT2D eigenvalue weighted by molar-refractivity contribution is -0.142. The van der Waals surface area contributed by atoms with E-state index >= 15 is 0 Å². The van der Waals surface area contributed by atoms with Gasteiger partial charge in [0.2, 0.25) is 0 Å². The molecule has 0 aromatic heterocycles. The van der Waals surface area contributed by atoms with Crippen molar-refractivity contribution in [3.63, 3.8) is 0 Å². The highest BCUT2D eigenvalue weighted by Crippen LogP contribution is 2.37. The number of aromatic hydroxyl groups is 1. The van der Waals surface area contributed by atoms with Crippen molar-refractivity contribution < 1.29 is 23.8 Å². The molecule has 0 radical (unpaired) electrons. The van der Waals surface area contributed by atoms with E-state index in [9.17, 15) is 14.3 Å². The first-order valence-electron chi connectivity index (χ1n) is 7.05. The quantitative estimate of drug-likeness (QED) is 0.841. The average molecular weight is 332 g/mol. The van der Waals surface area contributed by atoms with Gasteiger partial charge >= 0.3 is 5.97 Å². The van der Waals surface area contributed by atoms with Gasteiger partial charge in [-0.05, 0) is 19.4 Å². The smallest absolute Gasteiger partial charge is 0.302 e. The first-order chi connectivity index (χ1) is 10.4. The second-order valence-electron chi connectivity index (χ2n) is 5.27. The summed E-state index contributed by atoms with van der Waals surface area (Å²) in [5.74, 6) is -1.12. The second kappa shape index (κ2) is 7.15. The number of methoxy groups -OCH3 is 1. The number of phenols is 1. The van der Waals surface area contributed by atoms with Crippen molar-refractivity contribution >= 4 is 17.6 Å². The van der Waals surface area contributed by atoms with E-state index in [4.69, 9.17) is 21.1 Å². The average Bonchev–Trinajstić information content (AvgIpc) is 2.92. The van der Waals surface area contributed by atoms with Gasteiger partial charge in [0.25, 0.3) is 0 Å². The van der Waals surface area contributed by atoms with Gasteiger partial charge in [-0.1, -0.05) is 11.6 Å². The van der Waals surface area contributed by atoms with Gasteiger partial charge < -0.3 is 14.6 Å². The minimum absolute atomic E-state index is 0.0422. The molecule has 22 heavy (non-hydrogen) atoms. The Morgan fingerprint density at radius 3 is 2.95 bits per heavy atom. The van der Waals surface area contributed by atoms with Crippen LogP contribution in [0.3, 0.4) is 0 Å². The summed E-state index contributed by atoms with van der Waals surface area (Å²) in [7, 11) is 1.41. The number of hydrogen-bond acceptors (Lipinski definition) is 5. The third-order valence-electron chi connectivity index (χ3n) is 3.81. The van der Waals surface area contributed by atoms with Crippen LogP contribution in [-0.2, 0) is 16.1 Å². The highest BCUT2D eigenvalue weighted by molar-refractivity contribution is 6.32. The summed E-state index contributed by atoms with van der Waals surface area (Å²) >= 11 is 5.77. The topological polar surface area (TPSA) is 59.0 Å². The summed E-state index contributed by atoms with van der Waals surface area (Å²) in [5, 5.41) is 9.26. The van der Waals surface area contributed by atoms with Crippen molar-refractivity contribution in [2.45, 2.75) is 32.4 Å². The Labute approximate surface area is 133 Å².